The normalized spacial score (nSPS) is 36.3. The second kappa shape index (κ2) is 4.06. The fourth-order valence-electron chi connectivity index (χ4n) is 1.18. The van der Waals surface area contributed by atoms with Crippen molar-refractivity contribution in [2.24, 2.45) is 5.92 Å². The lowest BCUT2D eigenvalue weighted by atomic mass is 10.0. The fourth-order valence-corrected chi connectivity index (χ4v) is 1.18. The van der Waals surface area contributed by atoms with Crippen LogP contribution in [-0.2, 0) is 9.47 Å². The van der Waals surface area contributed by atoms with Crippen molar-refractivity contribution in [3.8, 4) is 0 Å². The molecule has 1 fully saturated rings. The van der Waals surface area contributed by atoms with E-state index in [0.29, 0.717) is 12.3 Å². The summed E-state index contributed by atoms with van der Waals surface area (Å²) in [6.45, 7) is 12.4. The molecule has 1 saturated heterocycles. The molecule has 0 spiro atoms. The van der Waals surface area contributed by atoms with Gasteiger partial charge in [-0.2, -0.15) is 0 Å². The van der Waals surface area contributed by atoms with Crippen LogP contribution < -0.4 is 0 Å². The van der Waals surface area contributed by atoms with E-state index in [1.165, 1.54) is 0 Å². The molecular weight excluding hydrogens is 152 g/mol. The van der Waals surface area contributed by atoms with Gasteiger partial charge in [0, 0.05) is 5.92 Å². The van der Waals surface area contributed by atoms with Crippen LogP contribution in [0.15, 0.2) is 12.7 Å². The Morgan fingerprint density at radius 3 is 2.58 bits per heavy atom. The van der Waals surface area contributed by atoms with Gasteiger partial charge in [0.2, 0.25) is 0 Å². The molecule has 1 rings (SSSR count). The van der Waals surface area contributed by atoms with E-state index in [4.69, 9.17) is 16.4 Å². The van der Waals surface area contributed by atoms with E-state index in [1.807, 2.05) is 6.92 Å². The Morgan fingerprint density at radius 1 is 1.58 bits per heavy atom. The Bertz CT molecular complexity index is 146. The van der Waals surface area contributed by atoms with Gasteiger partial charge in [0.05, 0.1) is 13.2 Å². The van der Waals surface area contributed by atoms with Crippen LogP contribution in [0.5, 0.6) is 0 Å². The van der Waals surface area contributed by atoms with Gasteiger partial charge in [0.1, 0.15) is 0 Å². The average Bonchev–Trinajstić information content (AvgIpc) is 2.10. The number of rotatable bonds is 3. The van der Waals surface area contributed by atoms with Gasteiger partial charge in [-0.3, -0.25) is 0 Å². The molecule has 0 amide bonds. The molecule has 2 nitrogen and oxygen atoms in total. The van der Waals surface area contributed by atoms with Crippen LogP contribution >= 0.6 is 0 Å². The van der Waals surface area contributed by atoms with Crippen molar-refractivity contribution in [3.63, 3.8) is 0 Å². The van der Waals surface area contributed by atoms with Gasteiger partial charge in [0.25, 0.3) is 0 Å². The number of ether oxygens (including phenoxy) is 2. The first-order valence-corrected chi connectivity index (χ1v) is 4.32. The predicted molar refractivity (Wildman–Crippen MR) is 47.5 cm³/mol. The molecule has 0 bridgehead atoms. The Kier molecular flexibility index (Phi) is 3.29. The highest BCUT2D eigenvalue weighted by molar-refractivity contribution is 4.88. The van der Waals surface area contributed by atoms with E-state index in [0.717, 1.165) is 19.6 Å². The molecule has 1 aliphatic rings. The van der Waals surface area contributed by atoms with E-state index in [-0.39, 0.29) is 0 Å². The first-order chi connectivity index (χ1) is 5.70. The zero-order chi connectivity index (χ0) is 9.03. The van der Waals surface area contributed by atoms with Gasteiger partial charge in [-0.05, 0) is 32.8 Å². The molecule has 0 saturated carbocycles. The highest BCUT2D eigenvalue weighted by atomic mass is 16.7. The molecule has 1 aliphatic heterocycles. The second-order valence-electron chi connectivity index (χ2n) is 3.29. The highest BCUT2D eigenvalue weighted by Crippen LogP contribution is 2.24. The van der Waals surface area contributed by atoms with Crippen LogP contribution in [0, 0.1) is 12.8 Å². The van der Waals surface area contributed by atoms with E-state index >= 15 is 0 Å². The van der Waals surface area contributed by atoms with Crippen LogP contribution in [0.4, 0.5) is 0 Å². The lowest BCUT2D eigenvalue weighted by molar-refractivity contribution is -0.244. The molecule has 12 heavy (non-hydrogen) atoms. The lowest BCUT2D eigenvalue weighted by Crippen LogP contribution is -2.39. The Morgan fingerprint density at radius 2 is 2.17 bits per heavy atom. The maximum Gasteiger partial charge on any atom is 0.184 e. The molecule has 0 aliphatic carbocycles. The minimum Gasteiger partial charge on any atom is -0.346 e. The summed E-state index contributed by atoms with van der Waals surface area (Å²) >= 11 is 0. The van der Waals surface area contributed by atoms with Crippen molar-refractivity contribution in [1.29, 1.82) is 0 Å². The Labute approximate surface area is 74.6 Å². The largest absolute Gasteiger partial charge is 0.346 e. The summed E-state index contributed by atoms with van der Waals surface area (Å²) < 4.78 is 11.0. The standard InChI is InChI=1S/C10H16O2/c1-4-6-9-7-11-10(3,5-2)12-8-9/h1,5,9H,2,4,6-8H2,3H3. The minimum absolute atomic E-state index is 0.447. The van der Waals surface area contributed by atoms with E-state index in [9.17, 15) is 0 Å². The third kappa shape index (κ3) is 2.32. The van der Waals surface area contributed by atoms with Crippen molar-refractivity contribution >= 4 is 0 Å². The number of hydrogen-bond donors (Lipinski definition) is 0. The summed E-state index contributed by atoms with van der Waals surface area (Å²) in [6, 6.07) is 0. The topological polar surface area (TPSA) is 18.5 Å². The molecule has 2 heteroatoms. The second-order valence-corrected chi connectivity index (χ2v) is 3.29. The van der Waals surface area contributed by atoms with Crippen molar-refractivity contribution in [2.75, 3.05) is 13.2 Å². The van der Waals surface area contributed by atoms with Crippen LogP contribution in [-0.4, -0.2) is 19.0 Å². The van der Waals surface area contributed by atoms with Gasteiger partial charge in [0.15, 0.2) is 5.79 Å². The van der Waals surface area contributed by atoms with Gasteiger partial charge in [-0.25, -0.2) is 0 Å². The van der Waals surface area contributed by atoms with Crippen molar-refractivity contribution in [1.82, 2.24) is 0 Å². The summed E-state index contributed by atoms with van der Waals surface area (Å²) in [4.78, 5) is 0. The van der Waals surface area contributed by atoms with E-state index in [1.54, 1.807) is 6.08 Å². The molecule has 2 radical (unpaired) electrons. The molecule has 0 aromatic heterocycles. The molecule has 0 aromatic rings. The van der Waals surface area contributed by atoms with Crippen LogP contribution in [0.3, 0.4) is 0 Å². The molecule has 0 unspecified atom stereocenters. The van der Waals surface area contributed by atoms with Gasteiger partial charge in [-0.1, -0.05) is 6.58 Å². The fraction of sp³-hybridized carbons (Fsp3) is 0.700. The molecule has 0 N–H and O–H groups in total. The summed E-state index contributed by atoms with van der Waals surface area (Å²) in [6.07, 6.45) is 3.35. The molecular formula is C10H16O2. The quantitative estimate of drug-likeness (QED) is 0.600. The van der Waals surface area contributed by atoms with Crippen molar-refractivity contribution in [3.05, 3.63) is 19.6 Å². The monoisotopic (exact) mass is 168 g/mol. The number of hydrogen-bond acceptors (Lipinski definition) is 2. The smallest absolute Gasteiger partial charge is 0.184 e. The minimum atomic E-state index is -0.578. The van der Waals surface area contributed by atoms with Crippen LogP contribution in [0.1, 0.15) is 19.8 Å². The van der Waals surface area contributed by atoms with Gasteiger partial charge in [-0.15, -0.1) is 0 Å². The molecule has 0 atom stereocenters. The SMILES string of the molecule is [CH]CCC1COC(C)(C=C)OC1. The lowest BCUT2D eigenvalue weighted by Gasteiger charge is -2.35. The molecule has 68 valence electrons. The van der Waals surface area contributed by atoms with Crippen LogP contribution in [0.2, 0.25) is 0 Å². The zero-order valence-electron chi connectivity index (χ0n) is 7.58. The maximum absolute atomic E-state index is 5.48. The summed E-state index contributed by atoms with van der Waals surface area (Å²) in [7, 11) is 0. The zero-order valence-corrected chi connectivity index (χ0v) is 7.58. The first kappa shape index (κ1) is 9.75. The summed E-state index contributed by atoms with van der Waals surface area (Å²) in [5, 5.41) is 0. The predicted octanol–water partition coefficient (Wildman–Crippen LogP) is 2.04. The van der Waals surface area contributed by atoms with Crippen molar-refractivity contribution in [2.45, 2.75) is 25.6 Å². The van der Waals surface area contributed by atoms with Gasteiger partial charge < -0.3 is 9.47 Å². The Balaban J connectivity index is 2.33. The molecule has 0 aromatic carbocycles. The maximum atomic E-state index is 5.48. The average molecular weight is 168 g/mol. The summed E-state index contributed by atoms with van der Waals surface area (Å²) in [5.74, 6) is -0.131. The van der Waals surface area contributed by atoms with Crippen molar-refractivity contribution < 1.29 is 9.47 Å². The van der Waals surface area contributed by atoms with Crippen LogP contribution in [0.25, 0.3) is 0 Å². The van der Waals surface area contributed by atoms with E-state index < -0.39 is 5.79 Å². The third-order valence-corrected chi connectivity index (χ3v) is 2.16. The van der Waals surface area contributed by atoms with E-state index in [2.05, 4.69) is 6.58 Å². The highest BCUT2D eigenvalue weighted by Gasteiger charge is 2.29. The van der Waals surface area contributed by atoms with Gasteiger partial charge >= 0.3 is 0 Å². The Hall–Kier alpha value is -0.340. The molecule has 1 heterocycles. The first-order valence-electron chi connectivity index (χ1n) is 4.32. The summed E-state index contributed by atoms with van der Waals surface area (Å²) in [5.41, 5.74) is 0. The third-order valence-electron chi connectivity index (χ3n) is 2.16.